The zero-order valence-electron chi connectivity index (χ0n) is 17.8. The average Bonchev–Trinajstić information content (AvgIpc) is 2.76. The molecule has 178 valence electrons. The van der Waals surface area contributed by atoms with Crippen LogP contribution in [0.5, 0.6) is 0 Å². The lowest BCUT2D eigenvalue weighted by molar-refractivity contribution is -0.137. The molecule has 0 aromatic heterocycles. The number of rotatable bonds is 7. The van der Waals surface area contributed by atoms with Crippen LogP contribution >= 0.6 is 15.9 Å². The van der Waals surface area contributed by atoms with Crippen molar-refractivity contribution in [2.75, 3.05) is 6.61 Å². The number of benzene rings is 2. The maximum absolute atomic E-state index is 13.4. The zero-order chi connectivity index (χ0) is 24.3. The number of alkyl halides is 3. The van der Waals surface area contributed by atoms with Gasteiger partial charge >= 0.3 is 6.18 Å². The van der Waals surface area contributed by atoms with Crippen LogP contribution < -0.4 is 5.32 Å². The fourth-order valence-corrected chi connectivity index (χ4v) is 5.81. The molecule has 2 aromatic rings. The number of halogens is 4. The lowest BCUT2D eigenvalue weighted by Crippen LogP contribution is -2.46. The van der Waals surface area contributed by atoms with E-state index >= 15 is 0 Å². The van der Waals surface area contributed by atoms with E-state index in [0.29, 0.717) is 18.3 Å². The maximum Gasteiger partial charge on any atom is 0.416 e. The van der Waals surface area contributed by atoms with E-state index in [0.717, 1.165) is 17.7 Å². The summed E-state index contributed by atoms with van der Waals surface area (Å²) < 4.78 is 70.9. The summed E-state index contributed by atoms with van der Waals surface area (Å²) >= 11 is 3.09. The van der Waals surface area contributed by atoms with Gasteiger partial charge in [-0.05, 0) is 65.5 Å². The summed E-state index contributed by atoms with van der Waals surface area (Å²) in [5, 5.41) is 11.0. The number of sulfone groups is 1. The second-order valence-corrected chi connectivity index (χ2v) is 11.4. The van der Waals surface area contributed by atoms with Crippen molar-refractivity contribution in [3.8, 4) is 0 Å². The van der Waals surface area contributed by atoms with Crippen molar-refractivity contribution in [2.45, 2.75) is 48.2 Å². The third-order valence-electron chi connectivity index (χ3n) is 5.66. The van der Waals surface area contributed by atoms with Crippen molar-refractivity contribution >= 4 is 30.4 Å². The molecule has 2 N–H and O–H groups in total. The number of nitrogens with one attached hydrogen (secondary N) is 2. The van der Waals surface area contributed by atoms with E-state index < -0.39 is 32.4 Å². The van der Waals surface area contributed by atoms with Crippen molar-refractivity contribution < 1.29 is 26.3 Å². The minimum Gasteiger partial charge on any atom is -0.382 e. The van der Waals surface area contributed by atoms with E-state index in [9.17, 15) is 21.6 Å². The first-order valence-corrected chi connectivity index (χ1v) is 12.5. The maximum atomic E-state index is 13.4. The lowest BCUT2D eigenvalue weighted by atomic mass is 9.94. The molecule has 0 bridgehead atoms. The third kappa shape index (κ3) is 6.04. The Bertz CT molecular complexity index is 1140. The van der Waals surface area contributed by atoms with Gasteiger partial charge in [0.2, 0.25) is 0 Å². The van der Waals surface area contributed by atoms with E-state index in [-0.39, 0.29) is 29.0 Å². The average molecular weight is 545 g/mol. The molecule has 1 saturated heterocycles. The van der Waals surface area contributed by atoms with Gasteiger partial charge in [0.25, 0.3) is 0 Å². The van der Waals surface area contributed by atoms with Gasteiger partial charge in [0.15, 0.2) is 9.84 Å². The van der Waals surface area contributed by atoms with Gasteiger partial charge in [-0.3, -0.25) is 5.41 Å². The fourth-order valence-electron chi connectivity index (χ4n) is 3.73. The Balaban J connectivity index is 1.88. The molecular formula is C23H24BrF3N2O3S. The number of allylic oxidation sites excluding steroid dienone is 1. The van der Waals surface area contributed by atoms with Crippen LogP contribution in [0.2, 0.25) is 0 Å². The SMILES string of the molecule is CC1(S(=O)(=O)c2cccc(C(F)(F)F)c2)CCOC(/C(=C/C(=N)Br)NCc2ccccc2)C1. The van der Waals surface area contributed by atoms with Gasteiger partial charge in [-0.15, -0.1) is 0 Å². The first kappa shape index (κ1) is 25.5. The highest BCUT2D eigenvalue weighted by Gasteiger charge is 2.46. The van der Waals surface area contributed by atoms with Crippen molar-refractivity contribution in [1.29, 1.82) is 5.41 Å². The first-order chi connectivity index (χ1) is 15.4. The molecule has 2 atom stereocenters. The molecule has 0 amide bonds. The summed E-state index contributed by atoms with van der Waals surface area (Å²) in [6, 6.07) is 13.4. The fraction of sp³-hybridized carbons (Fsp3) is 0.348. The monoisotopic (exact) mass is 544 g/mol. The van der Waals surface area contributed by atoms with Crippen molar-refractivity contribution in [2.24, 2.45) is 0 Å². The largest absolute Gasteiger partial charge is 0.416 e. The zero-order valence-corrected chi connectivity index (χ0v) is 20.2. The Morgan fingerprint density at radius 2 is 1.94 bits per heavy atom. The van der Waals surface area contributed by atoms with Gasteiger partial charge in [-0.25, -0.2) is 8.42 Å². The van der Waals surface area contributed by atoms with Gasteiger partial charge in [-0.1, -0.05) is 36.4 Å². The Labute approximate surface area is 199 Å². The molecule has 10 heteroatoms. The lowest BCUT2D eigenvalue weighted by Gasteiger charge is -2.38. The molecule has 0 spiro atoms. The van der Waals surface area contributed by atoms with Crippen LogP contribution in [0.25, 0.3) is 0 Å². The van der Waals surface area contributed by atoms with Crippen LogP contribution in [-0.4, -0.2) is 30.5 Å². The molecule has 1 aliphatic rings. The van der Waals surface area contributed by atoms with Crippen LogP contribution in [0.15, 0.2) is 71.3 Å². The van der Waals surface area contributed by atoms with E-state index in [4.69, 9.17) is 10.1 Å². The summed E-state index contributed by atoms with van der Waals surface area (Å²) in [6.07, 6.45) is -3.64. The van der Waals surface area contributed by atoms with Crippen molar-refractivity contribution in [3.05, 3.63) is 77.5 Å². The second-order valence-electron chi connectivity index (χ2n) is 8.08. The molecule has 3 rings (SSSR count). The standard InChI is InChI=1S/C23H24BrF3N2O3S/c1-22(33(30,31)18-9-5-8-17(12-18)23(25,26)27)10-11-32-20(14-22)19(13-21(24)28)29-15-16-6-3-2-4-7-16/h2-9,12-13,20,28-29H,10-11,14-15H2,1H3/b19-13-,28-21?. The summed E-state index contributed by atoms with van der Waals surface area (Å²) in [4.78, 5) is -0.364. The van der Waals surface area contributed by atoms with E-state index in [1.165, 1.54) is 19.1 Å². The molecule has 0 aliphatic carbocycles. The second kappa shape index (κ2) is 9.99. The van der Waals surface area contributed by atoms with Gasteiger partial charge < -0.3 is 10.1 Å². The number of hydrogen-bond acceptors (Lipinski definition) is 5. The highest BCUT2D eigenvalue weighted by atomic mass is 79.9. The van der Waals surface area contributed by atoms with Crippen molar-refractivity contribution in [3.63, 3.8) is 0 Å². The summed E-state index contributed by atoms with van der Waals surface area (Å²) in [6.45, 7) is 2.08. The van der Waals surface area contributed by atoms with Crippen LogP contribution in [-0.2, 0) is 27.3 Å². The predicted octanol–water partition coefficient (Wildman–Crippen LogP) is 5.46. The van der Waals surface area contributed by atoms with Gasteiger partial charge in [-0.2, -0.15) is 13.2 Å². The summed E-state index contributed by atoms with van der Waals surface area (Å²) in [5.41, 5.74) is 0.499. The molecule has 1 aliphatic heterocycles. The number of hydrogen-bond donors (Lipinski definition) is 2. The highest BCUT2D eigenvalue weighted by molar-refractivity contribution is 9.18. The van der Waals surface area contributed by atoms with Crippen LogP contribution in [0, 0.1) is 5.41 Å². The van der Waals surface area contributed by atoms with E-state index in [1.807, 2.05) is 30.3 Å². The third-order valence-corrected chi connectivity index (χ3v) is 8.43. The topological polar surface area (TPSA) is 79.2 Å². The first-order valence-electron chi connectivity index (χ1n) is 10.2. The van der Waals surface area contributed by atoms with Crippen LogP contribution in [0.1, 0.15) is 30.9 Å². The smallest absolute Gasteiger partial charge is 0.382 e. The van der Waals surface area contributed by atoms with Crippen molar-refractivity contribution in [1.82, 2.24) is 5.32 Å². The molecule has 2 aromatic carbocycles. The Kier molecular flexibility index (Phi) is 7.70. The molecule has 0 saturated carbocycles. The highest BCUT2D eigenvalue weighted by Crippen LogP contribution is 2.39. The van der Waals surface area contributed by atoms with Gasteiger partial charge in [0.05, 0.1) is 25.9 Å². The summed E-state index contributed by atoms with van der Waals surface area (Å²) in [7, 11) is -4.11. The molecular weight excluding hydrogens is 521 g/mol. The molecule has 33 heavy (non-hydrogen) atoms. The molecule has 0 radical (unpaired) electrons. The number of ether oxygens (including phenoxy) is 1. The molecule has 5 nitrogen and oxygen atoms in total. The molecule has 1 fully saturated rings. The molecule has 1 heterocycles. The normalized spacial score (nSPS) is 22.1. The van der Waals surface area contributed by atoms with Crippen LogP contribution in [0.3, 0.4) is 0 Å². The van der Waals surface area contributed by atoms with E-state index in [1.54, 1.807) is 0 Å². The van der Waals surface area contributed by atoms with Crippen LogP contribution in [0.4, 0.5) is 13.2 Å². The Morgan fingerprint density at radius 1 is 1.24 bits per heavy atom. The Hall–Kier alpha value is -2.17. The summed E-state index contributed by atoms with van der Waals surface area (Å²) in [5.74, 6) is 0. The molecule has 2 unspecified atom stereocenters. The minimum atomic E-state index is -4.64. The van der Waals surface area contributed by atoms with E-state index in [2.05, 4.69) is 21.2 Å². The van der Waals surface area contributed by atoms with Gasteiger partial charge in [0, 0.05) is 18.8 Å². The quantitative estimate of drug-likeness (QED) is 0.453. The van der Waals surface area contributed by atoms with Gasteiger partial charge in [0.1, 0.15) is 0 Å². The minimum absolute atomic E-state index is 0.0273. The Morgan fingerprint density at radius 3 is 2.58 bits per heavy atom. The predicted molar refractivity (Wildman–Crippen MR) is 124 cm³/mol.